The highest BCUT2D eigenvalue weighted by atomic mass is 16.6. The molecule has 0 amide bonds. The van der Waals surface area contributed by atoms with Gasteiger partial charge in [-0.25, -0.2) is 0 Å². The van der Waals surface area contributed by atoms with Gasteiger partial charge in [0.05, 0.1) is 5.71 Å². The Kier molecular flexibility index (Phi) is 5.11. The quantitative estimate of drug-likeness (QED) is 0.545. The highest BCUT2D eigenvalue weighted by Crippen LogP contribution is 2.42. The van der Waals surface area contributed by atoms with Crippen LogP contribution in [0.5, 0.6) is 0 Å². The minimum absolute atomic E-state index is 0.216. The second-order valence-electron chi connectivity index (χ2n) is 6.55. The van der Waals surface area contributed by atoms with Gasteiger partial charge in [0.25, 0.3) is 0 Å². The van der Waals surface area contributed by atoms with Gasteiger partial charge in [-0.15, -0.1) is 0 Å². The third kappa shape index (κ3) is 4.55. The van der Waals surface area contributed by atoms with Gasteiger partial charge in [-0.1, -0.05) is 35.5 Å². The van der Waals surface area contributed by atoms with Gasteiger partial charge in [-0.3, -0.25) is 0 Å². The lowest BCUT2D eigenvalue weighted by Gasteiger charge is -2.17. The van der Waals surface area contributed by atoms with Crippen molar-refractivity contribution >= 4 is 5.71 Å². The first kappa shape index (κ1) is 15.5. The fourth-order valence-electron chi connectivity index (χ4n) is 2.67. The van der Waals surface area contributed by atoms with E-state index >= 15 is 0 Å². The first-order valence-electron chi connectivity index (χ1n) is 8.40. The van der Waals surface area contributed by atoms with Gasteiger partial charge >= 0.3 is 0 Å². The van der Waals surface area contributed by atoms with E-state index < -0.39 is 6.10 Å². The van der Waals surface area contributed by atoms with Crippen molar-refractivity contribution in [3.63, 3.8) is 0 Å². The van der Waals surface area contributed by atoms with Crippen LogP contribution in [0.2, 0.25) is 0 Å². The van der Waals surface area contributed by atoms with E-state index in [1.807, 2.05) is 18.2 Å². The van der Waals surface area contributed by atoms with Crippen LogP contribution < -0.4 is 5.32 Å². The van der Waals surface area contributed by atoms with Crippen LogP contribution in [0.4, 0.5) is 0 Å². The molecule has 120 valence electrons. The Balaban J connectivity index is 1.37. The Labute approximate surface area is 132 Å². The molecule has 0 bridgehead atoms. The van der Waals surface area contributed by atoms with Crippen LogP contribution in [0.15, 0.2) is 35.5 Å². The summed E-state index contributed by atoms with van der Waals surface area (Å²) >= 11 is 0. The molecule has 0 heterocycles. The van der Waals surface area contributed by atoms with E-state index in [1.165, 1.54) is 37.0 Å². The molecule has 4 nitrogen and oxygen atoms in total. The number of aliphatic hydroxyl groups is 1. The molecule has 0 spiro atoms. The smallest absolute Gasteiger partial charge is 0.144 e. The Morgan fingerprint density at radius 2 is 1.86 bits per heavy atom. The van der Waals surface area contributed by atoms with Gasteiger partial charge in [0.15, 0.2) is 0 Å². The normalized spacial score (nSPS) is 20.3. The fourth-order valence-corrected chi connectivity index (χ4v) is 2.67. The summed E-state index contributed by atoms with van der Waals surface area (Å²) in [7, 11) is 0. The van der Waals surface area contributed by atoms with Crippen LogP contribution in [-0.4, -0.2) is 30.1 Å². The highest BCUT2D eigenvalue weighted by molar-refractivity contribution is 5.92. The van der Waals surface area contributed by atoms with Crippen molar-refractivity contribution in [3.05, 3.63) is 35.9 Å². The highest BCUT2D eigenvalue weighted by Gasteiger charge is 2.38. The van der Waals surface area contributed by atoms with Crippen LogP contribution in [0.25, 0.3) is 0 Å². The molecule has 0 saturated heterocycles. The second-order valence-corrected chi connectivity index (χ2v) is 6.55. The predicted octanol–water partition coefficient (Wildman–Crippen LogP) is 2.89. The molecule has 1 aromatic carbocycles. The number of hydrogen-bond donors (Lipinski definition) is 2. The average molecular weight is 302 g/mol. The van der Waals surface area contributed by atoms with Crippen LogP contribution in [0, 0.1) is 11.8 Å². The molecule has 4 heteroatoms. The lowest BCUT2D eigenvalue weighted by atomic mass is 10.1. The van der Waals surface area contributed by atoms with E-state index in [9.17, 15) is 5.11 Å². The summed E-state index contributed by atoms with van der Waals surface area (Å²) in [5, 5.41) is 17.6. The maximum Gasteiger partial charge on any atom is 0.144 e. The number of nitrogens with one attached hydrogen (secondary N) is 1. The van der Waals surface area contributed by atoms with Gasteiger partial charge in [-0.2, -0.15) is 0 Å². The van der Waals surface area contributed by atoms with Crippen molar-refractivity contribution in [3.8, 4) is 0 Å². The fraction of sp³-hybridized carbons (Fsp3) is 0.611. The van der Waals surface area contributed by atoms with E-state index in [0.29, 0.717) is 18.4 Å². The van der Waals surface area contributed by atoms with Crippen LogP contribution in [-0.2, 0) is 4.84 Å². The van der Waals surface area contributed by atoms with Crippen molar-refractivity contribution in [1.29, 1.82) is 0 Å². The standard InChI is InChI=1S/C18H26N2O2/c1-13(14-5-3-2-4-6-14)19-11-17(21)12-22-20-18(15-7-8-15)16-9-10-16/h2-6,13,15-17,19,21H,7-12H2,1H3/t13-,17+/m0/s1. The van der Waals surface area contributed by atoms with Crippen molar-refractivity contribution < 1.29 is 9.94 Å². The molecule has 0 aromatic heterocycles. The minimum atomic E-state index is -0.533. The number of hydrogen-bond acceptors (Lipinski definition) is 4. The van der Waals surface area contributed by atoms with Crippen molar-refractivity contribution in [2.24, 2.45) is 17.0 Å². The third-order valence-electron chi connectivity index (χ3n) is 4.39. The average Bonchev–Trinajstić information content (AvgIpc) is 3.43. The lowest BCUT2D eigenvalue weighted by Crippen LogP contribution is -2.31. The molecule has 0 aliphatic heterocycles. The molecule has 1 aromatic rings. The van der Waals surface area contributed by atoms with Crippen LogP contribution in [0.3, 0.4) is 0 Å². The summed E-state index contributed by atoms with van der Waals surface area (Å²) in [6, 6.07) is 10.4. The Morgan fingerprint density at radius 1 is 1.23 bits per heavy atom. The first-order chi connectivity index (χ1) is 10.7. The second kappa shape index (κ2) is 7.25. The van der Waals surface area contributed by atoms with Gasteiger partial charge in [0.1, 0.15) is 12.7 Å². The van der Waals surface area contributed by atoms with E-state index in [-0.39, 0.29) is 12.6 Å². The lowest BCUT2D eigenvalue weighted by molar-refractivity contribution is 0.0384. The molecule has 2 fully saturated rings. The molecule has 2 N–H and O–H groups in total. The summed E-state index contributed by atoms with van der Waals surface area (Å²) in [5.41, 5.74) is 2.47. The third-order valence-corrected chi connectivity index (χ3v) is 4.39. The summed E-state index contributed by atoms with van der Waals surface area (Å²) < 4.78 is 0. The summed E-state index contributed by atoms with van der Waals surface area (Å²) in [5.74, 6) is 1.33. The maximum absolute atomic E-state index is 10.0. The molecule has 22 heavy (non-hydrogen) atoms. The predicted molar refractivity (Wildman–Crippen MR) is 87.7 cm³/mol. The molecular weight excluding hydrogens is 276 g/mol. The zero-order chi connectivity index (χ0) is 15.4. The monoisotopic (exact) mass is 302 g/mol. The molecule has 2 saturated carbocycles. The number of benzene rings is 1. The molecule has 2 aliphatic rings. The number of oxime groups is 1. The van der Waals surface area contributed by atoms with E-state index in [2.05, 4.69) is 29.5 Å². The molecule has 3 rings (SSSR count). The summed E-state index contributed by atoms with van der Waals surface area (Å²) in [6.45, 7) is 2.87. The van der Waals surface area contributed by atoms with Crippen LogP contribution >= 0.6 is 0 Å². The largest absolute Gasteiger partial charge is 0.393 e. The Morgan fingerprint density at radius 3 is 2.45 bits per heavy atom. The van der Waals surface area contributed by atoms with Crippen LogP contribution in [0.1, 0.15) is 44.2 Å². The minimum Gasteiger partial charge on any atom is -0.393 e. The van der Waals surface area contributed by atoms with Gasteiger partial charge in [-0.05, 0) is 38.2 Å². The number of rotatable bonds is 9. The first-order valence-corrected chi connectivity index (χ1v) is 8.40. The van der Waals surface area contributed by atoms with Crippen molar-refractivity contribution in [2.45, 2.75) is 44.8 Å². The van der Waals surface area contributed by atoms with Gasteiger partial charge in [0, 0.05) is 24.4 Å². The summed E-state index contributed by atoms with van der Waals surface area (Å²) in [6.07, 6.45) is 4.51. The molecule has 0 unspecified atom stereocenters. The van der Waals surface area contributed by atoms with E-state index in [0.717, 1.165) is 0 Å². The summed E-state index contributed by atoms with van der Waals surface area (Å²) in [4.78, 5) is 5.40. The number of aliphatic hydroxyl groups excluding tert-OH is 1. The topological polar surface area (TPSA) is 53.8 Å². The Hall–Kier alpha value is -1.39. The van der Waals surface area contributed by atoms with Crippen molar-refractivity contribution in [1.82, 2.24) is 5.32 Å². The SMILES string of the molecule is C[C@H](NC[C@@H](O)CON=C(C1CC1)C1CC1)c1ccccc1. The molecule has 0 radical (unpaired) electrons. The van der Waals surface area contributed by atoms with Crippen molar-refractivity contribution in [2.75, 3.05) is 13.2 Å². The number of nitrogens with zero attached hydrogens (tertiary/aromatic N) is 1. The van der Waals surface area contributed by atoms with E-state index in [4.69, 9.17) is 4.84 Å². The molecule has 2 atom stereocenters. The zero-order valence-electron chi connectivity index (χ0n) is 13.2. The molecular formula is C18H26N2O2. The Bertz CT molecular complexity index is 481. The van der Waals surface area contributed by atoms with Gasteiger partial charge < -0.3 is 15.3 Å². The molecule has 2 aliphatic carbocycles. The zero-order valence-corrected chi connectivity index (χ0v) is 13.2. The van der Waals surface area contributed by atoms with E-state index in [1.54, 1.807) is 0 Å². The van der Waals surface area contributed by atoms with Gasteiger partial charge in [0.2, 0.25) is 0 Å². The maximum atomic E-state index is 10.0.